The molecule has 0 saturated heterocycles. The summed E-state index contributed by atoms with van der Waals surface area (Å²) >= 11 is 0. The molecule has 0 aliphatic heterocycles. The van der Waals surface area contributed by atoms with Gasteiger partial charge in [-0.25, -0.2) is 0 Å². The van der Waals surface area contributed by atoms with Crippen LogP contribution in [0.2, 0.25) is 0 Å². The van der Waals surface area contributed by atoms with Gasteiger partial charge >= 0.3 is 0 Å². The molecule has 0 atom stereocenters. The van der Waals surface area contributed by atoms with Crippen LogP contribution in [-0.2, 0) is 0 Å². The first-order valence-corrected chi connectivity index (χ1v) is 5.69. The largest absolute Gasteiger partial charge is 0.513 e. The van der Waals surface area contributed by atoms with Gasteiger partial charge in [-0.05, 0) is 18.9 Å². The van der Waals surface area contributed by atoms with Crippen LogP contribution in [0.25, 0.3) is 0 Å². The summed E-state index contributed by atoms with van der Waals surface area (Å²) in [7, 11) is 0. The van der Waals surface area contributed by atoms with Crippen LogP contribution >= 0.6 is 0 Å². The van der Waals surface area contributed by atoms with Gasteiger partial charge in [0.2, 0.25) is 0 Å². The van der Waals surface area contributed by atoms with Gasteiger partial charge in [0, 0.05) is 6.42 Å². The van der Waals surface area contributed by atoms with Crippen molar-refractivity contribution in [3.8, 4) is 0 Å². The zero-order valence-corrected chi connectivity index (χ0v) is 9.18. The van der Waals surface area contributed by atoms with E-state index in [4.69, 9.17) is 0 Å². The quantitative estimate of drug-likeness (QED) is 0.432. The lowest BCUT2D eigenvalue weighted by atomic mass is 10.1. The fourth-order valence-electron chi connectivity index (χ4n) is 1.42. The van der Waals surface area contributed by atoms with E-state index >= 15 is 0 Å². The van der Waals surface area contributed by atoms with Crippen molar-refractivity contribution < 1.29 is 5.11 Å². The Morgan fingerprint density at radius 3 is 2.23 bits per heavy atom. The van der Waals surface area contributed by atoms with Crippen molar-refractivity contribution in [2.45, 2.75) is 65.2 Å². The number of aliphatic hydroxyl groups is 1. The third-order valence-electron chi connectivity index (χ3n) is 2.23. The molecule has 13 heavy (non-hydrogen) atoms. The average molecular weight is 184 g/mol. The van der Waals surface area contributed by atoms with E-state index in [1.165, 1.54) is 32.1 Å². The van der Waals surface area contributed by atoms with Crippen LogP contribution in [0, 0.1) is 0 Å². The van der Waals surface area contributed by atoms with E-state index in [1.807, 2.05) is 6.08 Å². The molecule has 0 spiro atoms. The Morgan fingerprint density at radius 2 is 1.62 bits per heavy atom. The average Bonchev–Trinajstić information content (AvgIpc) is 2.11. The van der Waals surface area contributed by atoms with Gasteiger partial charge in [-0.1, -0.05) is 46.0 Å². The fourth-order valence-corrected chi connectivity index (χ4v) is 1.42. The lowest BCUT2D eigenvalue weighted by Gasteiger charge is -2.00. The molecule has 0 fully saturated rings. The zero-order chi connectivity index (χ0) is 9.94. The summed E-state index contributed by atoms with van der Waals surface area (Å²) in [6.45, 7) is 4.29. The number of allylic oxidation sites excluding steroid dienone is 2. The first-order valence-electron chi connectivity index (χ1n) is 5.69. The lowest BCUT2D eigenvalue weighted by molar-refractivity contribution is 0.377. The Morgan fingerprint density at radius 1 is 1.00 bits per heavy atom. The van der Waals surface area contributed by atoms with Gasteiger partial charge in [-0.2, -0.15) is 0 Å². The van der Waals surface area contributed by atoms with E-state index in [0.717, 1.165) is 19.3 Å². The Bertz CT molecular complexity index is 127. The Hall–Kier alpha value is -0.460. The van der Waals surface area contributed by atoms with Crippen LogP contribution in [0.4, 0.5) is 0 Å². The molecule has 1 heteroatoms. The molecule has 0 amide bonds. The molecule has 78 valence electrons. The van der Waals surface area contributed by atoms with Crippen molar-refractivity contribution in [1.29, 1.82) is 0 Å². The molecule has 0 rings (SSSR count). The monoisotopic (exact) mass is 184 g/mol. The lowest BCUT2D eigenvalue weighted by Crippen LogP contribution is -1.83. The molecule has 0 aromatic rings. The van der Waals surface area contributed by atoms with Crippen LogP contribution < -0.4 is 0 Å². The van der Waals surface area contributed by atoms with E-state index in [-0.39, 0.29) is 0 Å². The van der Waals surface area contributed by atoms with E-state index in [9.17, 15) is 5.11 Å². The van der Waals surface area contributed by atoms with Crippen LogP contribution in [-0.4, -0.2) is 5.11 Å². The van der Waals surface area contributed by atoms with Crippen molar-refractivity contribution in [2.24, 2.45) is 0 Å². The maximum absolute atomic E-state index is 9.31. The van der Waals surface area contributed by atoms with Crippen molar-refractivity contribution in [3.05, 3.63) is 11.8 Å². The SMILES string of the molecule is CCC=C(O)CCCCCCCC. The molecule has 0 bridgehead atoms. The first kappa shape index (κ1) is 12.5. The minimum Gasteiger partial charge on any atom is -0.513 e. The van der Waals surface area contributed by atoms with Crippen molar-refractivity contribution in [3.63, 3.8) is 0 Å². The van der Waals surface area contributed by atoms with Gasteiger partial charge < -0.3 is 5.11 Å². The van der Waals surface area contributed by atoms with Gasteiger partial charge in [0.25, 0.3) is 0 Å². The van der Waals surface area contributed by atoms with Crippen LogP contribution in [0.5, 0.6) is 0 Å². The van der Waals surface area contributed by atoms with Crippen molar-refractivity contribution >= 4 is 0 Å². The van der Waals surface area contributed by atoms with Crippen molar-refractivity contribution in [2.75, 3.05) is 0 Å². The highest BCUT2D eigenvalue weighted by atomic mass is 16.3. The topological polar surface area (TPSA) is 20.2 Å². The highest BCUT2D eigenvalue weighted by Gasteiger charge is 1.93. The molecule has 0 aliphatic rings. The smallest absolute Gasteiger partial charge is 0.0882 e. The standard InChI is InChI=1S/C12H24O/c1-3-5-6-7-8-9-11-12(13)10-4-2/h10,13H,3-9,11H2,1-2H3. The Kier molecular flexibility index (Phi) is 9.29. The fraction of sp³-hybridized carbons (Fsp3) is 0.833. The third kappa shape index (κ3) is 9.45. The molecule has 0 aromatic heterocycles. The third-order valence-corrected chi connectivity index (χ3v) is 2.23. The molecule has 1 nitrogen and oxygen atoms in total. The second-order valence-electron chi connectivity index (χ2n) is 3.62. The number of hydrogen-bond acceptors (Lipinski definition) is 1. The first-order chi connectivity index (χ1) is 6.31. The van der Waals surface area contributed by atoms with E-state index < -0.39 is 0 Å². The summed E-state index contributed by atoms with van der Waals surface area (Å²) in [5.74, 6) is 0.581. The highest BCUT2D eigenvalue weighted by molar-refractivity contribution is 4.89. The van der Waals surface area contributed by atoms with E-state index in [1.54, 1.807) is 0 Å². The van der Waals surface area contributed by atoms with Gasteiger partial charge in [0.05, 0.1) is 5.76 Å². The maximum Gasteiger partial charge on any atom is 0.0882 e. The van der Waals surface area contributed by atoms with Crippen LogP contribution in [0.15, 0.2) is 11.8 Å². The summed E-state index contributed by atoms with van der Waals surface area (Å²) < 4.78 is 0. The number of hydrogen-bond donors (Lipinski definition) is 1. The molecule has 0 saturated carbocycles. The Balaban J connectivity index is 3.11. The summed E-state index contributed by atoms with van der Waals surface area (Å²) in [5, 5.41) is 9.31. The summed E-state index contributed by atoms with van der Waals surface area (Å²) in [5.41, 5.74) is 0. The molecule has 1 N–H and O–H groups in total. The second-order valence-corrected chi connectivity index (χ2v) is 3.62. The predicted molar refractivity (Wildman–Crippen MR) is 59.0 cm³/mol. The summed E-state index contributed by atoms with van der Waals surface area (Å²) in [4.78, 5) is 0. The van der Waals surface area contributed by atoms with Gasteiger partial charge in [0.1, 0.15) is 0 Å². The van der Waals surface area contributed by atoms with Crippen LogP contribution in [0.1, 0.15) is 65.2 Å². The van der Waals surface area contributed by atoms with E-state index in [2.05, 4.69) is 13.8 Å². The number of aliphatic hydroxyl groups excluding tert-OH is 1. The molecule has 0 aromatic carbocycles. The maximum atomic E-state index is 9.31. The van der Waals surface area contributed by atoms with Gasteiger partial charge in [-0.3, -0.25) is 0 Å². The normalized spacial score (nSPS) is 12.0. The number of unbranched alkanes of at least 4 members (excludes halogenated alkanes) is 5. The molecule has 0 heterocycles. The molecule has 0 radical (unpaired) electrons. The van der Waals surface area contributed by atoms with Gasteiger partial charge in [-0.15, -0.1) is 0 Å². The minimum atomic E-state index is 0.581. The molecular formula is C12H24O. The minimum absolute atomic E-state index is 0.581. The Labute approximate surface area is 82.9 Å². The van der Waals surface area contributed by atoms with Crippen LogP contribution in [0.3, 0.4) is 0 Å². The summed E-state index contributed by atoms with van der Waals surface area (Å²) in [6.07, 6.45) is 11.5. The molecular weight excluding hydrogens is 160 g/mol. The van der Waals surface area contributed by atoms with Gasteiger partial charge in [0.15, 0.2) is 0 Å². The second kappa shape index (κ2) is 9.63. The van der Waals surface area contributed by atoms with E-state index in [0.29, 0.717) is 5.76 Å². The number of rotatable bonds is 8. The zero-order valence-electron chi connectivity index (χ0n) is 9.18. The summed E-state index contributed by atoms with van der Waals surface area (Å²) in [6, 6.07) is 0. The molecule has 0 unspecified atom stereocenters. The molecule has 0 aliphatic carbocycles. The predicted octanol–water partition coefficient (Wildman–Crippen LogP) is 4.59. The highest BCUT2D eigenvalue weighted by Crippen LogP contribution is 2.10. The van der Waals surface area contributed by atoms with Crippen molar-refractivity contribution in [1.82, 2.24) is 0 Å².